The molecule has 1 aromatic rings. The molecule has 0 aromatic carbocycles. The Morgan fingerprint density at radius 2 is 2.26 bits per heavy atom. The first-order chi connectivity index (χ1) is 9.15. The van der Waals surface area contributed by atoms with Crippen molar-refractivity contribution < 1.29 is 9.66 Å². The molecule has 106 valence electrons. The fraction of sp³-hybridized carbons (Fsp3) is 0.727. The summed E-state index contributed by atoms with van der Waals surface area (Å²) in [6, 6.07) is 0.328. The van der Waals surface area contributed by atoms with Crippen LogP contribution < -0.4 is 11.1 Å². The molecule has 1 saturated carbocycles. The van der Waals surface area contributed by atoms with E-state index in [9.17, 15) is 10.1 Å². The topological polar surface area (TPSA) is 103 Å². The van der Waals surface area contributed by atoms with Gasteiger partial charge in [-0.1, -0.05) is 0 Å². The van der Waals surface area contributed by atoms with E-state index in [-0.39, 0.29) is 5.00 Å². The van der Waals surface area contributed by atoms with Crippen LogP contribution in [-0.2, 0) is 4.74 Å². The molecular weight excluding hydrogens is 268 g/mol. The van der Waals surface area contributed by atoms with Crippen molar-refractivity contribution in [3.8, 4) is 0 Å². The number of rotatable bonds is 6. The molecule has 7 nitrogen and oxygen atoms in total. The standard InChI is InChI=1S/C11H18N4O3S/c12-8-1-3-9(4-2-8)18-6-5-13-11-14-7-10(19-11)15(16)17/h7-9H,1-6,12H2,(H,13,14). The summed E-state index contributed by atoms with van der Waals surface area (Å²) in [4.78, 5) is 14.0. The third-order valence-corrected chi connectivity index (χ3v) is 4.03. The van der Waals surface area contributed by atoms with Gasteiger partial charge in [0.25, 0.3) is 0 Å². The molecule has 0 aliphatic heterocycles. The highest BCUT2D eigenvalue weighted by Crippen LogP contribution is 2.24. The highest BCUT2D eigenvalue weighted by atomic mass is 32.1. The van der Waals surface area contributed by atoms with Crippen molar-refractivity contribution in [3.63, 3.8) is 0 Å². The molecular formula is C11H18N4O3S. The summed E-state index contributed by atoms with van der Waals surface area (Å²) in [5, 5.41) is 14.1. The molecule has 1 fully saturated rings. The molecule has 0 unspecified atom stereocenters. The van der Waals surface area contributed by atoms with Crippen LogP contribution in [0.15, 0.2) is 6.20 Å². The van der Waals surface area contributed by atoms with Gasteiger partial charge in [-0.25, -0.2) is 4.98 Å². The molecule has 1 aliphatic rings. The van der Waals surface area contributed by atoms with Crippen LogP contribution in [0.1, 0.15) is 25.7 Å². The van der Waals surface area contributed by atoms with E-state index in [1.54, 1.807) is 0 Å². The monoisotopic (exact) mass is 286 g/mol. The van der Waals surface area contributed by atoms with Crippen LogP contribution in [0.3, 0.4) is 0 Å². The van der Waals surface area contributed by atoms with Gasteiger partial charge in [0.1, 0.15) is 6.20 Å². The average molecular weight is 286 g/mol. The van der Waals surface area contributed by atoms with Gasteiger partial charge in [-0.3, -0.25) is 10.1 Å². The molecule has 0 atom stereocenters. The molecule has 1 aliphatic carbocycles. The summed E-state index contributed by atoms with van der Waals surface area (Å²) < 4.78 is 5.73. The van der Waals surface area contributed by atoms with Crippen LogP contribution in [0.5, 0.6) is 0 Å². The molecule has 19 heavy (non-hydrogen) atoms. The third-order valence-electron chi connectivity index (χ3n) is 3.12. The molecule has 1 heterocycles. The predicted molar refractivity (Wildman–Crippen MR) is 73.4 cm³/mol. The van der Waals surface area contributed by atoms with Gasteiger partial charge in [0.2, 0.25) is 0 Å². The van der Waals surface area contributed by atoms with Gasteiger partial charge in [0.15, 0.2) is 5.13 Å². The summed E-state index contributed by atoms with van der Waals surface area (Å²) in [5.41, 5.74) is 5.82. The smallest absolute Gasteiger partial charge is 0.345 e. The van der Waals surface area contributed by atoms with Gasteiger partial charge in [0, 0.05) is 12.6 Å². The zero-order valence-electron chi connectivity index (χ0n) is 10.6. The maximum absolute atomic E-state index is 10.5. The van der Waals surface area contributed by atoms with E-state index in [1.807, 2.05) is 0 Å². The van der Waals surface area contributed by atoms with Crippen molar-refractivity contribution in [2.75, 3.05) is 18.5 Å². The van der Waals surface area contributed by atoms with Crippen LogP contribution >= 0.6 is 11.3 Å². The summed E-state index contributed by atoms with van der Waals surface area (Å²) in [5.74, 6) is 0. The molecule has 0 amide bonds. The van der Waals surface area contributed by atoms with E-state index in [4.69, 9.17) is 10.5 Å². The minimum absolute atomic E-state index is 0.0460. The zero-order chi connectivity index (χ0) is 13.7. The number of nitrogens with zero attached hydrogens (tertiary/aromatic N) is 2. The second kappa shape index (κ2) is 6.78. The van der Waals surface area contributed by atoms with Crippen LogP contribution in [0.25, 0.3) is 0 Å². The number of nitrogens with two attached hydrogens (primary N) is 1. The van der Waals surface area contributed by atoms with Crippen molar-refractivity contribution in [1.29, 1.82) is 0 Å². The van der Waals surface area contributed by atoms with Crippen LogP contribution in [0, 0.1) is 10.1 Å². The highest BCUT2D eigenvalue weighted by molar-refractivity contribution is 7.18. The molecule has 0 bridgehead atoms. The van der Waals surface area contributed by atoms with E-state index < -0.39 is 4.92 Å². The molecule has 8 heteroatoms. The Morgan fingerprint density at radius 1 is 1.53 bits per heavy atom. The average Bonchev–Trinajstić information content (AvgIpc) is 2.86. The van der Waals surface area contributed by atoms with Gasteiger partial charge >= 0.3 is 5.00 Å². The van der Waals surface area contributed by atoms with Crippen LogP contribution in [0.2, 0.25) is 0 Å². The van der Waals surface area contributed by atoms with Gasteiger partial charge < -0.3 is 15.8 Å². The Kier molecular flexibility index (Phi) is 5.06. The van der Waals surface area contributed by atoms with Crippen molar-refractivity contribution in [2.45, 2.75) is 37.8 Å². The number of nitrogens with one attached hydrogen (secondary N) is 1. The largest absolute Gasteiger partial charge is 0.376 e. The maximum atomic E-state index is 10.5. The number of anilines is 1. The predicted octanol–water partition coefficient (Wildman–Crippen LogP) is 1.75. The number of ether oxygens (including phenoxy) is 1. The highest BCUT2D eigenvalue weighted by Gasteiger charge is 2.18. The van der Waals surface area contributed by atoms with Crippen molar-refractivity contribution in [3.05, 3.63) is 16.3 Å². The van der Waals surface area contributed by atoms with Crippen LogP contribution in [-0.4, -0.2) is 35.2 Å². The number of hydrogen-bond donors (Lipinski definition) is 2. The minimum atomic E-state index is -0.440. The van der Waals surface area contributed by atoms with E-state index in [2.05, 4.69) is 10.3 Å². The SMILES string of the molecule is NC1CCC(OCCNc2ncc([N+](=O)[O-])s2)CC1. The first kappa shape index (κ1) is 14.2. The molecule has 0 saturated heterocycles. The summed E-state index contributed by atoms with van der Waals surface area (Å²) in [7, 11) is 0. The Hall–Kier alpha value is -1.25. The lowest BCUT2D eigenvalue weighted by Gasteiger charge is -2.26. The number of hydrogen-bond acceptors (Lipinski definition) is 7. The molecule has 1 aromatic heterocycles. The van der Waals surface area contributed by atoms with Crippen LogP contribution in [0.4, 0.5) is 10.1 Å². The Balaban J connectivity index is 1.62. The third kappa shape index (κ3) is 4.41. The molecule has 0 radical (unpaired) electrons. The fourth-order valence-electron chi connectivity index (χ4n) is 2.07. The summed E-state index contributed by atoms with van der Waals surface area (Å²) in [6.45, 7) is 1.18. The number of thiazole rings is 1. The summed E-state index contributed by atoms with van der Waals surface area (Å²) in [6.07, 6.45) is 5.64. The number of aromatic nitrogens is 1. The minimum Gasteiger partial charge on any atom is -0.376 e. The van der Waals surface area contributed by atoms with E-state index in [1.165, 1.54) is 6.20 Å². The lowest BCUT2D eigenvalue weighted by atomic mass is 9.94. The molecule has 0 spiro atoms. The quantitative estimate of drug-likeness (QED) is 0.469. The first-order valence-electron chi connectivity index (χ1n) is 6.36. The summed E-state index contributed by atoms with van der Waals surface area (Å²) >= 11 is 1.03. The maximum Gasteiger partial charge on any atom is 0.345 e. The zero-order valence-corrected chi connectivity index (χ0v) is 11.4. The normalized spacial score (nSPS) is 23.2. The van der Waals surface area contributed by atoms with Gasteiger partial charge in [-0.15, -0.1) is 0 Å². The van der Waals surface area contributed by atoms with E-state index in [0.717, 1.165) is 37.0 Å². The van der Waals surface area contributed by atoms with Crippen molar-refractivity contribution in [2.24, 2.45) is 5.73 Å². The lowest BCUT2D eigenvalue weighted by molar-refractivity contribution is -0.380. The van der Waals surface area contributed by atoms with E-state index >= 15 is 0 Å². The second-order valence-electron chi connectivity index (χ2n) is 4.60. The lowest BCUT2D eigenvalue weighted by Crippen LogP contribution is -2.31. The Morgan fingerprint density at radius 3 is 2.89 bits per heavy atom. The van der Waals surface area contributed by atoms with Gasteiger partial charge in [0.05, 0.1) is 17.6 Å². The van der Waals surface area contributed by atoms with E-state index in [0.29, 0.717) is 30.4 Å². The molecule has 3 N–H and O–H groups in total. The first-order valence-corrected chi connectivity index (χ1v) is 7.18. The fourth-order valence-corrected chi connectivity index (χ4v) is 2.73. The van der Waals surface area contributed by atoms with Crippen molar-refractivity contribution >= 4 is 21.5 Å². The molecule has 2 rings (SSSR count). The van der Waals surface area contributed by atoms with Gasteiger partial charge in [-0.05, 0) is 37.0 Å². The van der Waals surface area contributed by atoms with Gasteiger partial charge in [-0.2, -0.15) is 0 Å². The second-order valence-corrected chi connectivity index (χ2v) is 5.60. The Labute approximate surface area is 115 Å². The number of nitro groups is 1. The Bertz CT molecular complexity index is 418. The van der Waals surface area contributed by atoms with Crippen molar-refractivity contribution in [1.82, 2.24) is 4.98 Å².